The Morgan fingerprint density at radius 3 is 2.76 bits per heavy atom. The molecule has 21 heavy (non-hydrogen) atoms. The minimum absolute atomic E-state index is 0.0824. The van der Waals surface area contributed by atoms with E-state index in [0.717, 1.165) is 11.3 Å². The van der Waals surface area contributed by atoms with E-state index in [1.54, 1.807) is 11.2 Å². The molecule has 0 bridgehead atoms. The molecule has 1 aromatic carbocycles. The molecule has 0 unspecified atom stereocenters. The molecule has 1 aliphatic rings. The topological polar surface area (TPSA) is 68.7 Å². The fourth-order valence-electron chi connectivity index (χ4n) is 2.50. The molecular formula is C16H18N2O3. The van der Waals surface area contributed by atoms with E-state index in [1.807, 2.05) is 42.5 Å². The number of ether oxygens (including phenoxy) is 1. The van der Waals surface area contributed by atoms with Crippen LogP contribution in [-0.2, 0) is 9.53 Å². The average molecular weight is 286 g/mol. The first kappa shape index (κ1) is 13.9. The maximum atomic E-state index is 12.5. The zero-order valence-corrected chi connectivity index (χ0v) is 11.6. The highest BCUT2D eigenvalue weighted by molar-refractivity contribution is 5.83. The smallest absolute Gasteiger partial charge is 0.244 e. The van der Waals surface area contributed by atoms with Gasteiger partial charge in [0, 0.05) is 6.54 Å². The molecule has 1 aliphatic heterocycles. The van der Waals surface area contributed by atoms with Crippen LogP contribution in [-0.4, -0.2) is 30.5 Å². The molecular weight excluding hydrogens is 268 g/mol. The van der Waals surface area contributed by atoms with Gasteiger partial charge in [0.2, 0.25) is 5.91 Å². The van der Waals surface area contributed by atoms with Gasteiger partial charge in [-0.1, -0.05) is 30.3 Å². The van der Waals surface area contributed by atoms with Crippen LogP contribution in [0.25, 0.3) is 0 Å². The number of amides is 1. The molecule has 2 N–H and O–H groups in total. The van der Waals surface area contributed by atoms with Crippen molar-refractivity contribution in [2.75, 3.05) is 19.7 Å². The Morgan fingerprint density at radius 1 is 1.24 bits per heavy atom. The quantitative estimate of drug-likeness (QED) is 0.935. The normalized spacial score (nSPS) is 20.2. The monoisotopic (exact) mass is 286 g/mol. The van der Waals surface area contributed by atoms with Gasteiger partial charge in [-0.05, 0) is 17.7 Å². The molecule has 1 amide bonds. The lowest BCUT2D eigenvalue weighted by Crippen LogP contribution is -2.46. The van der Waals surface area contributed by atoms with Crippen LogP contribution >= 0.6 is 0 Å². The number of rotatable bonds is 3. The first-order valence-electron chi connectivity index (χ1n) is 7.00. The highest BCUT2D eigenvalue weighted by atomic mass is 16.5. The lowest BCUT2D eigenvalue weighted by molar-refractivity contribution is -0.141. The Bertz CT molecular complexity index is 583. The second kappa shape index (κ2) is 6.11. The second-order valence-electron chi connectivity index (χ2n) is 5.05. The number of benzene rings is 1. The summed E-state index contributed by atoms with van der Waals surface area (Å²) in [5.41, 5.74) is 6.90. The third kappa shape index (κ3) is 2.99. The summed E-state index contributed by atoms with van der Waals surface area (Å²) in [5, 5.41) is 0. The summed E-state index contributed by atoms with van der Waals surface area (Å²) in [6, 6.07) is 12.4. The molecule has 5 nitrogen and oxygen atoms in total. The van der Waals surface area contributed by atoms with Gasteiger partial charge in [0.25, 0.3) is 0 Å². The Balaban J connectivity index is 1.70. The van der Waals surface area contributed by atoms with Gasteiger partial charge in [0.1, 0.15) is 17.9 Å². The summed E-state index contributed by atoms with van der Waals surface area (Å²) >= 11 is 0. The second-order valence-corrected chi connectivity index (χ2v) is 5.05. The molecule has 0 spiro atoms. The van der Waals surface area contributed by atoms with Crippen LogP contribution in [0.5, 0.6) is 0 Å². The van der Waals surface area contributed by atoms with Crippen molar-refractivity contribution in [1.82, 2.24) is 4.90 Å². The average Bonchev–Trinajstić information content (AvgIpc) is 3.09. The van der Waals surface area contributed by atoms with Gasteiger partial charge >= 0.3 is 0 Å². The largest absolute Gasteiger partial charge is 0.467 e. The number of nitrogens with two attached hydrogens (primary N) is 1. The van der Waals surface area contributed by atoms with Crippen LogP contribution in [0, 0.1) is 0 Å². The molecule has 0 radical (unpaired) electrons. The predicted molar refractivity (Wildman–Crippen MR) is 77.4 cm³/mol. The van der Waals surface area contributed by atoms with Crippen molar-refractivity contribution in [2.45, 2.75) is 12.1 Å². The summed E-state index contributed by atoms with van der Waals surface area (Å²) in [6.45, 7) is 1.50. The number of carbonyl (C=O) groups excluding carboxylic acids is 1. The van der Waals surface area contributed by atoms with Crippen molar-refractivity contribution in [2.24, 2.45) is 5.73 Å². The van der Waals surface area contributed by atoms with Gasteiger partial charge in [0.15, 0.2) is 0 Å². The lowest BCUT2D eigenvalue weighted by atomic mass is 10.1. The Morgan fingerprint density at radius 2 is 2.05 bits per heavy atom. The van der Waals surface area contributed by atoms with Gasteiger partial charge in [-0.3, -0.25) is 4.79 Å². The number of furan rings is 1. The highest BCUT2D eigenvalue weighted by Crippen LogP contribution is 2.24. The van der Waals surface area contributed by atoms with Crippen molar-refractivity contribution >= 4 is 5.91 Å². The Hall–Kier alpha value is -2.11. The molecule has 2 aromatic rings. The summed E-state index contributed by atoms with van der Waals surface area (Å²) in [7, 11) is 0. The molecule has 2 heterocycles. The van der Waals surface area contributed by atoms with E-state index in [0.29, 0.717) is 19.7 Å². The van der Waals surface area contributed by atoms with Crippen LogP contribution in [0.4, 0.5) is 0 Å². The van der Waals surface area contributed by atoms with Crippen LogP contribution in [0.1, 0.15) is 23.5 Å². The van der Waals surface area contributed by atoms with Crippen molar-refractivity contribution < 1.29 is 13.9 Å². The molecule has 0 aliphatic carbocycles. The zero-order chi connectivity index (χ0) is 14.7. The minimum Gasteiger partial charge on any atom is -0.467 e. The van der Waals surface area contributed by atoms with Crippen molar-refractivity contribution in [3.63, 3.8) is 0 Å². The Labute approximate surface area is 123 Å². The van der Waals surface area contributed by atoms with E-state index in [9.17, 15) is 4.79 Å². The fraction of sp³-hybridized carbons (Fsp3) is 0.312. The number of hydrogen-bond acceptors (Lipinski definition) is 4. The van der Waals surface area contributed by atoms with E-state index in [4.69, 9.17) is 14.9 Å². The molecule has 1 saturated heterocycles. The summed E-state index contributed by atoms with van der Waals surface area (Å²) in [5.74, 6) is 0.654. The molecule has 3 rings (SSSR count). The number of nitrogens with zero attached hydrogens (tertiary/aromatic N) is 1. The number of morpholine rings is 1. The maximum Gasteiger partial charge on any atom is 0.244 e. The lowest BCUT2D eigenvalue weighted by Gasteiger charge is -2.33. The third-order valence-electron chi connectivity index (χ3n) is 3.66. The van der Waals surface area contributed by atoms with Gasteiger partial charge in [-0.25, -0.2) is 0 Å². The SMILES string of the molecule is N[C@@H](C(=O)N1CCO[C@@H](c2ccco2)C1)c1ccccc1. The third-order valence-corrected chi connectivity index (χ3v) is 3.66. The summed E-state index contributed by atoms with van der Waals surface area (Å²) < 4.78 is 11.0. The first-order valence-corrected chi connectivity index (χ1v) is 7.00. The number of carbonyl (C=O) groups is 1. The van der Waals surface area contributed by atoms with E-state index in [1.165, 1.54) is 0 Å². The van der Waals surface area contributed by atoms with E-state index in [2.05, 4.69) is 0 Å². The predicted octanol–water partition coefficient (Wildman–Crippen LogP) is 1.88. The first-order chi connectivity index (χ1) is 10.3. The maximum absolute atomic E-state index is 12.5. The molecule has 1 aromatic heterocycles. The molecule has 5 heteroatoms. The van der Waals surface area contributed by atoms with Crippen molar-refractivity contribution in [1.29, 1.82) is 0 Å². The van der Waals surface area contributed by atoms with Crippen molar-refractivity contribution in [3.8, 4) is 0 Å². The Kier molecular flexibility index (Phi) is 4.03. The molecule has 0 saturated carbocycles. The molecule has 2 atom stereocenters. The van der Waals surface area contributed by atoms with Gasteiger partial charge in [0.05, 0.1) is 19.4 Å². The van der Waals surface area contributed by atoms with Crippen LogP contribution in [0.2, 0.25) is 0 Å². The van der Waals surface area contributed by atoms with E-state index < -0.39 is 6.04 Å². The van der Waals surface area contributed by atoms with Gasteiger partial charge in [-0.15, -0.1) is 0 Å². The van der Waals surface area contributed by atoms with Gasteiger partial charge < -0.3 is 19.8 Å². The number of hydrogen-bond donors (Lipinski definition) is 1. The van der Waals surface area contributed by atoms with E-state index >= 15 is 0 Å². The van der Waals surface area contributed by atoms with Crippen molar-refractivity contribution in [3.05, 3.63) is 60.1 Å². The van der Waals surface area contributed by atoms with Crippen LogP contribution in [0.15, 0.2) is 53.1 Å². The fourth-order valence-corrected chi connectivity index (χ4v) is 2.50. The van der Waals surface area contributed by atoms with E-state index in [-0.39, 0.29) is 12.0 Å². The molecule has 1 fully saturated rings. The van der Waals surface area contributed by atoms with Gasteiger partial charge in [-0.2, -0.15) is 0 Å². The summed E-state index contributed by atoms with van der Waals surface area (Å²) in [4.78, 5) is 14.3. The standard InChI is InChI=1S/C16H18N2O3/c17-15(12-5-2-1-3-6-12)16(19)18-8-10-21-14(11-18)13-7-4-9-20-13/h1-7,9,14-15H,8,10-11,17H2/t14-,15-/m1/s1. The molecule has 110 valence electrons. The van der Waals surface area contributed by atoms with Crippen LogP contribution < -0.4 is 5.73 Å². The van der Waals surface area contributed by atoms with Crippen LogP contribution in [0.3, 0.4) is 0 Å². The minimum atomic E-state index is -0.637. The summed E-state index contributed by atoms with van der Waals surface area (Å²) in [6.07, 6.45) is 1.38. The highest BCUT2D eigenvalue weighted by Gasteiger charge is 2.30. The zero-order valence-electron chi connectivity index (χ0n) is 11.6.